The van der Waals surface area contributed by atoms with Crippen molar-refractivity contribution in [3.05, 3.63) is 29.3 Å². The summed E-state index contributed by atoms with van der Waals surface area (Å²) in [4.78, 5) is 5.02. The monoisotopic (exact) mass is 261 g/mol. The van der Waals surface area contributed by atoms with Gasteiger partial charge in [0.05, 0.1) is 0 Å². The Labute approximate surface area is 117 Å². The molecule has 0 bridgehead atoms. The molecular formula is C16H27N3. The van der Waals surface area contributed by atoms with Crippen molar-refractivity contribution in [1.29, 1.82) is 0 Å². The van der Waals surface area contributed by atoms with Gasteiger partial charge in [0.1, 0.15) is 0 Å². The van der Waals surface area contributed by atoms with E-state index in [1.54, 1.807) is 0 Å². The summed E-state index contributed by atoms with van der Waals surface area (Å²) in [5, 5.41) is 0. The van der Waals surface area contributed by atoms with Crippen molar-refractivity contribution in [3.8, 4) is 0 Å². The van der Waals surface area contributed by atoms with Gasteiger partial charge in [0.25, 0.3) is 0 Å². The number of rotatable bonds is 5. The first-order valence-corrected chi connectivity index (χ1v) is 7.37. The van der Waals surface area contributed by atoms with Crippen molar-refractivity contribution in [1.82, 2.24) is 9.80 Å². The third-order valence-corrected chi connectivity index (χ3v) is 4.22. The van der Waals surface area contributed by atoms with Crippen LogP contribution in [-0.4, -0.2) is 42.5 Å². The van der Waals surface area contributed by atoms with Crippen LogP contribution < -0.4 is 5.73 Å². The van der Waals surface area contributed by atoms with E-state index < -0.39 is 0 Å². The molecule has 0 aliphatic carbocycles. The summed E-state index contributed by atoms with van der Waals surface area (Å²) >= 11 is 0. The van der Waals surface area contributed by atoms with Crippen LogP contribution in [0.4, 0.5) is 5.69 Å². The second-order valence-corrected chi connectivity index (χ2v) is 5.81. The molecule has 0 spiro atoms. The zero-order chi connectivity index (χ0) is 13.8. The van der Waals surface area contributed by atoms with Gasteiger partial charge in [-0.3, -0.25) is 4.90 Å². The van der Waals surface area contributed by atoms with E-state index in [0.29, 0.717) is 0 Å². The molecule has 1 aromatic carbocycles. The molecule has 106 valence electrons. The summed E-state index contributed by atoms with van der Waals surface area (Å²) in [6, 6.07) is 7.15. The molecular weight excluding hydrogens is 234 g/mol. The lowest BCUT2D eigenvalue weighted by molar-refractivity contribution is 0.195. The minimum absolute atomic E-state index is 0.734. The first-order valence-electron chi connectivity index (χ1n) is 7.37. The molecule has 0 amide bonds. The van der Waals surface area contributed by atoms with Crippen LogP contribution in [0.2, 0.25) is 0 Å². The lowest BCUT2D eigenvalue weighted by Gasteiger charge is -2.27. The summed E-state index contributed by atoms with van der Waals surface area (Å²) in [6.07, 6.45) is 2.69. The Morgan fingerprint density at radius 1 is 1.42 bits per heavy atom. The van der Waals surface area contributed by atoms with E-state index in [0.717, 1.165) is 24.8 Å². The molecule has 19 heavy (non-hydrogen) atoms. The Kier molecular flexibility index (Phi) is 4.83. The molecule has 1 fully saturated rings. The standard InChI is InChI=1S/C16H27N3/c1-4-19-9-5-6-15(19)12-18(3)11-14-8-7-13(2)16(17)10-14/h7-8,10,15H,4-6,9,11-12,17H2,1-3H3. The third-order valence-electron chi connectivity index (χ3n) is 4.22. The minimum Gasteiger partial charge on any atom is -0.399 e. The molecule has 2 N–H and O–H groups in total. The summed E-state index contributed by atoms with van der Waals surface area (Å²) < 4.78 is 0. The molecule has 1 heterocycles. The number of nitrogen functional groups attached to an aromatic ring is 1. The van der Waals surface area contributed by atoms with Crippen LogP contribution in [0.3, 0.4) is 0 Å². The third kappa shape index (κ3) is 3.71. The molecule has 1 atom stereocenters. The smallest absolute Gasteiger partial charge is 0.0346 e. The summed E-state index contributed by atoms with van der Waals surface area (Å²) in [6.45, 7) is 8.90. The van der Waals surface area contributed by atoms with Crippen LogP contribution in [0.25, 0.3) is 0 Å². The minimum atomic E-state index is 0.734. The van der Waals surface area contributed by atoms with Gasteiger partial charge in [-0.25, -0.2) is 0 Å². The van der Waals surface area contributed by atoms with Gasteiger partial charge in [0, 0.05) is 24.8 Å². The number of hydrogen-bond donors (Lipinski definition) is 1. The predicted molar refractivity (Wildman–Crippen MR) is 82.2 cm³/mol. The summed E-state index contributed by atoms with van der Waals surface area (Å²) in [5.74, 6) is 0. The van der Waals surface area contributed by atoms with Gasteiger partial charge in [0.15, 0.2) is 0 Å². The number of nitrogens with zero attached hydrogens (tertiary/aromatic N) is 2. The maximum absolute atomic E-state index is 5.98. The number of likely N-dealkylation sites (N-methyl/N-ethyl adjacent to an activating group) is 2. The van der Waals surface area contributed by atoms with Crippen molar-refractivity contribution in [2.75, 3.05) is 32.4 Å². The Hall–Kier alpha value is -1.06. The van der Waals surface area contributed by atoms with Crippen molar-refractivity contribution < 1.29 is 0 Å². The lowest BCUT2D eigenvalue weighted by Crippen LogP contribution is -2.38. The number of hydrogen-bond acceptors (Lipinski definition) is 3. The summed E-state index contributed by atoms with van der Waals surface area (Å²) in [5.41, 5.74) is 9.36. The summed E-state index contributed by atoms with van der Waals surface area (Å²) in [7, 11) is 2.21. The van der Waals surface area contributed by atoms with Crippen LogP contribution in [0.5, 0.6) is 0 Å². The number of benzene rings is 1. The highest BCUT2D eigenvalue weighted by Gasteiger charge is 2.23. The molecule has 0 aromatic heterocycles. The van der Waals surface area contributed by atoms with E-state index >= 15 is 0 Å². The largest absolute Gasteiger partial charge is 0.399 e. The van der Waals surface area contributed by atoms with Crippen LogP contribution in [0.15, 0.2) is 18.2 Å². The molecule has 1 aliphatic rings. The molecule has 1 aliphatic heterocycles. The van der Waals surface area contributed by atoms with Crippen molar-refractivity contribution >= 4 is 5.69 Å². The quantitative estimate of drug-likeness (QED) is 0.827. The number of likely N-dealkylation sites (tertiary alicyclic amines) is 1. The van der Waals surface area contributed by atoms with E-state index in [-0.39, 0.29) is 0 Å². The van der Waals surface area contributed by atoms with Crippen LogP contribution in [0, 0.1) is 6.92 Å². The van der Waals surface area contributed by atoms with Gasteiger partial charge in [-0.15, -0.1) is 0 Å². The van der Waals surface area contributed by atoms with E-state index in [1.807, 2.05) is 0 Å². The van der Waals surface area contributed by atoms with E-state index in [4.69, 9.17) is 5.73 Å². The first kappa shape index (κ1) is 14.4. The molecule has 0 saturated carbocycles. The fourth-order valence-corrected chi connectivity index (χ4v) is 3.04. The second-order valence-electron chi connectivity index (χ2n) is 5.81. The van der Waals surface area contributed by atoms with Crippen molar-refractivity contribution in [2.45, 2.75) is 39.3 Å². The molecule has 1 unspecified atom stereocenters. The predicted octanol–water partition coefficient (Wildman–Crippen LogP) is 2.49. The van der Waals surface area contributed by atoms with Crippen LogP contribution in [-0.2, 0) is 6.54 Å². The number of aryl methyl sites for hydroxylation is 1. The maximum Gasteiger partial charge on any atom is 0.0346 e. The number of nitrogens with two attached hydrogens (primary N) is 1. The van der Waals surface area contributed by atoms with Gasteiger partial charge >= 0.3 is 0 Å². The van der Waals surface area contributed by atoms with Crippen molar-refractivity contribution in [3.63, 3.8) is 0 Å². The highest BCUT2D eigenvalue weighted by Crippen LogP contribution is 2.19. The average molecular weight is 261 g/mol. The molecule has 0 radical (unpaired) electrons. The normalized spacial score (nSPS) is 20.3. The Morgan fingerprint density at radius 2 is 2.21 bits per heavy atom. The van der Waals surface area contributed by atoms with E-state index in [9.17, 15) is 0 Å². The Bertz CT molecular complexity index is 416. The first-order chi connectivity index (χ1) is 9.10. The topological polar surface area (TPSA) is 32.5 Å². The van der Waals surface area contributed by atoms with Gasteiger partial charge in [0.2, 0.25) is 0 Å². The fourth-order valence-electron chi connectivity index (χ4n) is 3.04. The molecule has 1 aromatic rings. The van der Waals surface area contributed by atoms with Gasteiger partial charge in [-0.05, 0) is 57.1 Å². The SMILES string of the molecule is CCN1CCCC1CN(C)Cc1ccc(C)c(N)c1. The Morgan fingerprint density at radius 3 is 2.89 bits per heavy atom. The number of anilines is 1. The molecule has 2 rings (SSSR count). The van der Waals surface area contributed by atoms with Crippen LogP contribution >= 0.6 is 0 Å². The zero-order valence-corrected chi connectivity index (χ0v) is 12.5. The average Bonchev–Trinajstić information content (AvgIpc) is 2.81. The van der Waals surface area contributed by atoms with E-state index in [1.165, 1.54) is 37.1 Å². The maximum atomic E-state index is 5.98. The van der Waals surface area contributed by atoms with E-state index in [2.05, 4.69) is 48.9 Å². The molecule has 1 saturated heterocycles. The zero-order valence-electron chi connectivity index (χ0n) is 12.5. The second kappa shape index (κ2) is 6.40. The van der Waals surface area contributed by atoms with Gasteiger partial charge < -0.3 is 10.6 Å². The molecule has 3 heteroatoms. The lowest BCUT2D eigenvalue weighted by atomic mass is 10.1. The Balaban J connectivity index is 1.90. The fraction of sp³-hybridized carbons (Fsp3) is 0.625. The van der Waals surface area contributed by atoms with Gasteiger partial charge in [-0.1, -0.05) is 19.1 Å². The highest BCUT2D eigenvalue weighted by atomic mass is 15.2. The van der Waals surface area contributed by atoms with Crippen molar-refractivity contribution in [2.24, 2.45) is 0 Å². The van der Waals surface area contributed by atoms with Gasteiger partial charge in [-0.2, -0.15) is 0 Å². The molecule has 3 nitrogen and oxygen atoms in total. The van der Waals surface area contributed by atoms with Crippen LogP contribution in [0.1, 0.15) is 30.9 Å². The highest BCUT2D eigenvalue weighted by molar-refractivity contribution is 5.48.